The summed E-state index contributed by atoms with van der Waals surface area (Å²) in [5.74, 6) is 1.57. The van der Waals surface area contributed by atoms with Crippen LogP contribution < -0.4 is 16.0 Å². The number of rotatable bonds is 5. The number of ether oxygens (including phenoxy) is 1. The van der Waals surface area contributed by atoms with Gasteiger partial charge in [-0.2, -0.15) is 0 Å². The predicted molar refractivity (Wildman–Crippen MR) is 110 cm³/mol. The summed E-state index contributed by atoms with van der Waals surface area (Å²) in [5, 5.41) is 0. The summed E-state index contributed by atoms with van der Waals surface area (Å²) in [6.07, 6.45) is 5.15. The van der Waals surface area contributed by atoms with Crippen LogP contribution in [0.25, 0.3) is 0 Å². The number of piperidine rings is 1. The smallest absolute Gasteiger partial charge is 0.328 e. The first kappa shape index (κ1) is 19.1. The molecule has 1 fully saturated rings. The molecule has 7 heteroatoms. The second-order valence-electron chi connectivity index (χ2n) is 7.38. The molecule has 7 nitrogen and oxygen atoms in total. The van der Waals surface area contributed by atoms with Crippen molar-refractivity contribution in [1.29, 1.82) is 0 Å². The quantitative estimate of drug-likeness (QED) is 0.722. The van der Waals surface area contributed by atoms with Crippen LogP contribution in [-0.2, 0) is 6.54 Å². The van der Waals surface area contributed by atoms with Crippen LogP contribution in [0, 0.1) is 6.92 Å². The third-order valence-electron chi connectivity index (χ3n) is 5.25. The molecule has 0 atom stereocenters. The lowest BCUT2D eigenvalue weighted by Gasteiger charge is -2.32. The van der Waals surface area contributed by atoms with Gasteiger partial charge >= 0.3 is 5.69 Å². The van der Waals surface area contributed by atoms with Crippen molar-refractivity contribution in [1.82, 2.24) is 19.4 Å². The minimum absolute atomic E-state index is 0.106. The number of aromatic amines is 1. The average molecular weight is 392 g/mol. The van der Waals surface area contributed by atoms with Gasteiger partial charge in [-0.15, -0.1) is 0 Å². The fraction of sp³-hybridized carbons (Fsp3) is 0.318. The van der Waals surface area contributed by atoms with Gasteiger partial charge in [0.05, 0.1) is 5.69 Å². The third-order valence-corrected chi connectivity index (χ3v) is 5.25. The highest BCUT2D eigenvalue weighted by Gasteiger charge is 2.22. The van der Waals surface area contributed by atoms with Crippen LogP contribution in [0.3, 0.4) is 0 Å². The maximum Gasteiger partial charge on any atom is 0.328 e. The van der Waals surface area contributed by atoms with Crippen molar-refractivity contribution in [3.8, 4) is 11.5 Å². The molecule has 3 heterocycles. The van der Waals surface area contributed by atoms with Gasteiger partial charge in [0.2, 0.25) is 0 Å². The van der Waals surface area contributed by atoms with Gasteiger partial charge in [-0.05, 0) is 38.0 Å². The maximum atomic E-state index is 12.1. The van der Waals surface area contributed by atoms with Gasteiger partial charge < -0.3 is 4.74 Å². The second kappa shape index (κ2) is 8.45. The number of aromatic nitrogens is 3. The van der Waals surface area contributed by atoms with E-state index in [2.05, 4.69) is 14.9 Å². The number of hydrogen-bond acceptors (Lipinski definition) is 5. The molecular weight excluding hydrogens is 368 g/mol. The number of H-pyrrole nitrogens is 1. The molecule has 0 saturated carbocycles. The van der Waals surface area contributed by atoms with Crippen LogP contribution in [0.4, 0.5) is 0 Å². The van der Waals surface area contributed by atoms with E-state index in [0.29, 0.717) is 5.56 Å². The van der Waals surface area contributed by atoms with Crippen LogP contribution >= 0.6 is 0 Å². The van der Waals surface area contributed by atoms with Crippen molar-refractivity contribution < 1.29 is 4.74 Å². The van der Waals surface area contributed by atoms with Crippen LogP contribution in [0.15, 0.2) is 64.4 Å². The summed E-state index contributed by atoms with van der Waals surface area (Å²) in [5.41, 5.74) is 0.874. The zero-order valence-corrected chi connectivity index (χ0v) is 16.4. The number of benzene rings is 1. The van der Waals surface area contributed by atoms with Gasteiger partial charge in [-0.25, -0.2) is 4.79 Å². The maximum absolute atomic E-state index is 12.1. The van der Waals surface area contributed by atoms with Crippen molar-refractivity contribution in [2.45, 2.75) is 32.4 Å². The summed E-state index contributed by atoms with van der Waals surface area (Å²) in [7, 11) is 0. The van der Waals surface area contributed by atoms with Crippen molar-refractivity contribution in [2.24, 2.45) is 0 Å². The van der Waals surface area contributed by atoms with Crippen molar-refractivity contribution in [2.75, 3.05) is 13.1 Å². The van der Waals surface area contributed by atoms with Gasteiger partial charge in [-0.3, -0.25) is 24.2 Å². The molecule has 3 aromatic rings. The van der Waals surface area contributed by atoms with E-state index in [4.69, 9.17) is 4.74 Å². The number of aryl methyl sites for hydroxylation is 1. The Morgan fingerprint density at radius 3 is 2.62 bits per heavy atom. The van der Waals surface area contributed by atoms with Gasteiger partial charge in [0.25, 0.3) is 5.56 Å². The standard InChI is InChI=1S/C22H24N4O3/c1-16-14-26(22(28)24-21(16)27)18-8-11-25(12-9-18)15-17-13-20(7-10-23-17)29-19-5-3-2-4-6-19/h2-7,10,13-14,18H,8-9,11-12,15H2,1H3,(H,24,27,28). The molecule has 0 bridgehead atoms. The third kappa shape index (κ3) is 4.63. The Kier molecular flexibility index (Phi) is 5.57. The van der Waals surface area contributed by atoms with Crippen LogP contribution in [0.5, 0.6) is 11.5 Å². The molecule has 0 unspecified atom stereocenters. The lowest BCUT2D eigenvalue weighted by Crippen LogP contribution is -2.39. The molecule has 150 valence electrons. The van der Waals surface area contributed by atoms with Crippen molar-refractivity contribution in [3.63, 3.8) is 0 Å². The normalized spacial score (nSPS) is 15.3. The van der Waals surface area contributed by atoms with E-state index in [9.17, 15) is 9.59 Å². The summed E-state index contributed by atoms with van der Waals surface area (Å²) in [4.78, 5) is 32.9. The minimum atomic E-state index is -0.327. The van der Waals surface area contributed by atoms with E-state index in [1.807, 2.05) is 42.5 Å². The molecule has 0 spiro atoms. The molecule has 29 heavy (non-hydrogen) atoms. The molecule has 1 aliphatic heterocycles. The van der Waals surface area contributed by atoms with E-state index >= 15 is 0 Å². The summed E-state index contributed by atoms with van der Waals surface area (Å²) in [6, 6.07) is 13.6. The molecule has 1 saturated heterocycles. The zero-order valence-electron chi connectivity index (χ0n) is 16.4. The summed E-state index contributed by atoms with van der Waals surface area (Å²) < 4.78 is 7.56. The molecule has 0 amide bonds. The van der Waals surface area contributed by atoms with Crippen molar-refractivity contribution >= 4 is 0 Å². The fourth-order valence-corrected chi connectivity index (χ4v) is 3.67. The Morgan fingerprint density at radius 2 is 1.86 bits per heavy atom. The number of para-hydroxylation sites is 1. The van der Waals surface area contributed by atoms with E-state index in [1.165, 1.54) is 0 Å². The fourth-order valence-electron chi connectivity index (χ4n) is 3.67. The number of nitrogens with zero attached hydrogens (tertiary/aromatic N) is 3. The number of hydrogen-bond donors (Lipinski definition) is 1. The molecular formula is C22H24N4O3. The average Bonchev–Trinajstić information content (AvgIpc) is 2.72. The van der Waals surface area contributed by atoms with Gasteiger partial charge in [0.15, 0.2) is 0 Å². The highest BCUT2D eigenvalue weighted by molar-refractivity contribution is 5.31. The monoisotopic (exact) mass is 392 g/mol. The van der Waals surface area contributed by atoms with E-state index in [0.717, 1.165) is 49.7 Å². The lowest BCUT2D eigenvalue weighted by atomic mass is 10.0. The first-order valence-corrected chi connectivity index (χ1v) is 9.81. The molecule has 0 radical (unpaired) electrons. The number of nitrogens with one attached hydrogen (secondary N) is 1. The Bertz CT molecular complexity index is 1080. The Hall–Kier alpha value is -3.19. The molecule has 1 aromatic carbocycles. The summed E-state index contributed by atoms with van der Waals surface area (Å²) in [6.45, 7) is 4.18. The van der Waals surface area contributed by atoms with Crippen LogP contribution in [0.2, 0.25) is 0 Å². The largest absolute Gasteiger partial charge is 0.457 e. The molecule has 1 aliphatic rings. The first-order chi connectivity index (χ1) is 14.1. The highest BCUT2D eigenvalue weighted by Crippen LogP contribution is 2.24. The van der Waals surface area contributed by atoms with Crippen LogP contribution in [0.1, 0.15) is 30.1 Å². The van der Waals surface area contributed by atoms with Crippen LogP contribution in [-0.4, -0.2) is 32.5 Å². The number of likely N-dealkylation sites (tertiary alicyclic amines) is 1. The number of pyridine rings is 1. The topological polar surface area (TPSA) is 80.2 Å². The molecule has 4 rings (SSSR count). The first-order valence-electron chi connectivity index (χ1n) is 9.81. The predicted octanol–water partition coefficient (Wildman–Crippen LogP) is 2.87. The zero-order chi connectivity index (χ0) is 20.2. The van der Waals surface area contributed by atoms with Gasteiger partial charge in [-0.1, -0.05) is 18.2 Å². The molecule has 0 aliphatic carbocycles. The van der Waals surface area contributed by atoms with Crippen molar-refractivity contribution in [3.05, 3.63) is 87.0 Å². The Morgan fingerprint density at radius 1 is 1.10 bits per heavy atom. The SMILES string of the molecule is Cc1cn(C2CCN(Cc3cc(Oc4ccccc4)ccn3)CC2)c(=O)[nH]c1=O. The van der Waals surface area contributed by atoms with Gasteiger partial charge in [0.1, 0.15) is 11.5 Å². The lowest BCUT2D eigenvalue weighted by molar-refractivity contribution is 0.175. The summed E-state index contributed by atoms with van der Waals surface area (Å²) >= 11 is 0. The molecule has 2 aromatic heterocycles. The second-order valence-corrected chi connectivity index (χ2v) is 7.38. The Balaban J connectivity index is 1.38. The Labute approximate surface area is 168 Å². The van der Waals surface area contributed by atoms with Gasteiger partial charge in [0, 0.05) is 49.7 Å². The van der Waals surface area contributed by atoms with E-state index < -0.39 is 0 Å². The highest BCUT2D eigenvalue weighted by atomic mass is 16.5. The molecule has 1 N–H and O–H groups in total. The van der Waals surface area contributed by atoms with E-state index in [-0.39, 0.29) is 17.3 Å². The van der Waals surface area contributed by atoms with E-state index in [1.54, 1.807) is 23.9 Å². The minimum Gasteiger partial charge on any atom is -0.457 e.